The van der Waals surface area contributed by atoms with Crippen molar-refractivity contribution >= 4 is 45.1 Å². The quantitative estimate of drug-likeness (QED) is 0.881. The van der Waals surface area contributed by atoms with Crippen LogP contribution >= 0.6 is 27.5 Å². The molecule has 0 spiro atoms. The van der Waals surface area contributed by atoms with Gasteiger partial charge in [-0.2, -0.15) is 0 Å². The number of carbonyl (C=O) groups excluding carboxylic acids is 1. The molecule has 80 valence electrons. The van der Waals surface area contributed by atoms with Crippen molar-refractivity contribution in [1.29, 1.82) is 0 Å². The molecular formula is C9H7BrClNO3. The molecule has 1 aromatic rings. The van der Waals surface area contributed by atoms with Crippen LogP contribution in [0.25, 0.3) is 0 Å². The number of nitrogens with one attached hydrogen (secondary N) is 1. The first-order valence-corrected chi connectivity index (χ1v) is 5.09. The Kier molecular flexibility index (Phi) is 3.71. The van der Waals surface area contributed by atoms with Crippen LogP contribution < -0.4 is 5.32 Å². The third-order valence-electron chi connectivity index (χ3n) is 1.60. The van der Waals surface area contributed by atoms with Gasteiger partial charge in [0.15, 0.2) is 0 Å². The minimum absolute atomic E-state index is 0.0431. The Balaban J connectivity index is 3.28. The fraction of sp³-hybridized carbons (Fsp3) is 0.111. The first-order valence-electron chi connectivity index (χ1n) is 3.91. The summed E-state index contributed by atoms with van der Waals surface area (Å²) in [7, 11) is 0. The molecule has 1 rings (SSSR count). The van der Waals surface area contributed by atoms with E-state index in [1.807, 2.05) is 0 Å². The normalized spacial score (nSPS) is 9.80. The summed E-state index contributed by atoms with van der Waals surface area (Å²) in [4.78, 5) is 21.7. The zero-order valence-electron chi connectivity index (χ0n) is 7.67. The van der Waals surface area contributed by atoms with Crippen molar-refractivity contribution < 1.29 is 14.7 Å². The number of hydrogen-bond donors (Lipinski definition) is 2. The van der Waals surface area contributed by atoms with Gasteiger partial charge in [-0.1, -0.05) is 11.6 Å². The van der Waals surface area contributed by atoms with E-state index in [0.717, 1.165) is 0 Å². The maximum atomic E-state index is 10.8. The Morgan fingerprint density at radius 3 is 2.53 bits per heavy atom. The second-order valence-electron chi connectivity index (χ2n) is 2.80. The maximum Gasteiger partial charge on any atom is 0.337 e. The van der Waals surface area contributed by atoms with Crippen molar-refractivity contribution in [3.63, 3.8) is 0 Å². The number of carboxylic acid groups (broad SMARTS) is 1. The number of carboxylic acids is 1. The van der Waals surface area contributed by atoms with Gasteiger partial charge in [0.2, 0.25) is 5.91 Å². The molecule has 0 saturated heterocycles. The Morgan fingerprint density at radius 2 is 2.07 bits per heavy atom. The number of rotatable bonds is 2. The van der Waals surface area contributed by atoms with E-state index in [2.05, 4.69) is 21.2 Å². The fourth-order valence-corrected chi connectivity index (χ4v) is 1.52. The smallest absolute Gasteiger partial charge is 0.337 e. The van der Waals surface area contributed by atoms with Crippen LogP contribution in [0.15, 0.2) is 16.6 Å². The molecule has 4 nitrogen and oxygen atoms in total. The van der Waals surface area contributed by atoms with Crippen LogP contribution in [0.4, 0.5) is 5.69 Å². The van der Waals surface area contributed by atoms with E-state index in [4.69, 9.17) is 16.7 Å². The third kappa shape index (κ3) is 2.94. The Morgan fingerprint density at radius 1 is 1.47 bits per heavy atom. The van der Waals surface area contributed by atoms with Gasteiger partial charge in [-0.15, -0.1) is 0 Å². The summed E-state index contributed by atoms with van der Waals surface area (Å²) in [5, 5.41) is 11.6. The number of anilines is 1. The van der Waals surface area contributed by atoms with Gasteiger partial charge in [-0.3, -0.25) is 4.79 Å². The highest BCUT2D eigenvalue weighted by molar-refractivity contribution is 9.10. The number of halogens is 2. The van der Waals surface area contributed by atoms with Gasteiger partial charge in [0.05, 0.1) is 16.3 Å². The van der Waals surface area contributed by atoms with Crippen molar-refractivity contribution in [1.82, 2.24) is 0 Å². The highest BCUT2D eigenvalue weighted by Crippen LogP contribution is 2.29. The Labute approximate surface area is 99.4 Å². The highest BCUT2D eigenvalue weighted by atomic mass is 79.9. The molecule has 0 saturated carbocycles. The van der Waals surface area contributed by atoms with Gasteiger partial charge in [0.1, 0.15) is 0 Å². The van der Waals surface area contributed by atoms with Crippen molar-refractivity contribution in [2.45, 2.75) is 6.92 Å². The lowest BCUT2D eigenvalue weighted by Crippen LogP contribution is -2.10. The molecule has 0 aliphatic heterocycles. The molecule has 0 radical (unpaired) electrons. The molecule has 0 aliphatic rings. The van der Waals surface area contributed by atoms with Gasteiger partial charge in [-0.05, 0) is 28.1 Å². The molecule has 1 amide bonds. The summed E-state index contributed by atoms with van der Waals surface area (Å²) in [5.41, 5.74) is 0.171. The van der Waals surface area contributed by atoms with Crippen LogP contribution in [0.1, 0.15) is 17.3 Å². The van der Waals surface area contributed by atoms with E-state index in [0.29, 0.717) is 4.47 Å². The molecule has 6 heteroatoms. The van der Waals surface area contributed by atoms with E-state index >= 15 is 0 Å². The first kappa shape index (κ1) is 12.0. The topological polar surface area (TPSA) is 66.4 Å². The van der Waals surface area contributed by atoms with E-state index < -0.39 is 5.97 Å². The molecule has 1 aromatic carbocycles. The van der Waals surface area contributed by atoms with Crippen LogP contribution in [0.3, 0.4) is 0 Å². The van der Waals surface area contributed by atoms with E-state index in [1.165, 1.54) is 19.1 Å². The van der Waals surface area contributed by atoms with Crippen LogP contribution in [0.2, 0.25) is 5.02 Å². The molecule has 0 unspecified atom stereocenters. The molecule has 0 fully saturated rings. The minimum Gasteiger partial charge on any atom is -0.478 e. The van der Waals surface area contributed by atoms with Gasteiger partial charge >= 0.3 is 5.97 Å². The average molecular weight is 293 g/mol. The predicted molar refractivity (Wildman–Crippen MR) is 60.4 cm³/mol. The van der Waals surface area contributed by atoms with Crippen molar-refractivity contribution in [3.05, 3.63) is 27.2 Å². The summed E-state index contributed by atoms with van der Waals surface area (Å²) in [6.07, 6.45) is 0. The monoisotopic (exact) mass is 291 g/mol. The van der Waals surface area contributed by atoms with E-state index in [1.54, 1.807) is 0 Å². The van der Waals surface area contributed by atoms with Gasteiger partial charge < -0.3 is 10.4 Å². The molecule has 15 heavy (non-hydrogen) atoms. The number of amides is 1. The minimum atomic E-state index is -1.15. The number of hydrogen-bond acceptors (Lipinski definition) is 2. The second-order valence-corrected chi connectivity index (χ2v) is 4.06. The summed E-state index contributed by atoms with van der Waals surface area (Å²) in [6, 6.07) is 2.73. The lowest BCUT2D eigenvalue weighted by Gasteiger charge is -2.08. The lowest BCUT2D eigenvalue weighted by molar-refractivity contribution is -0.114. The number of carbonyl (C=O) groups is 2. The van der Waals surface area contributed by atoms with Crippen molar-refractivity contribution in [3.8, 4) is 0 Å². The molecule has 0 atom stereocenters. The first-order chi connectivity index (χ1) is 6.91. The largest absolute Gasteiger partial charge is 0.478 e. The third-order valence-corrected chi connectivity index (χ3v) is 2.80. The average Bonchev–Trinajstić information content (AvgIpc) is 2.09. The SMILES string of the molecule is CC(=O)Nc1cc(Br)c(Cl)cc1C(=O)O. The van der Waals surface area contributed by atoms with Gasteiger partial charge in [-0.25, -0.2) is 4.79 Å². The summed E-state index contributed by atoms with van der Waals surface area (Å²) in [5.74, 6) is -1.49. The number of aromatic carboxylic acids is 1. The highest BCUT2D eigenvalue weighted by Gasteiger charge is 2.13. The maximum absolute atomic E-state index is 10.8. The van der Waals surface area contributed by atoms with E-state index in [9.17, 15) is 9.59 Å². The fourth-order valence-electron chi connectivity index (χ4n) is 1.02. The Bertz CT molecular complexity index is 434. The molecular weight excluding hydrogens is 285 g/mol. The second kappa shape index (κ2) is 4.63. The van der Waals surface area contributed by atoms with Crippen LogP contribution in [-0.4, -0.2) is 17.0 Å². The zero-order chi connectivity index (χ0) is 11.6. The van der Waals surface area contributed by atoms with Crippen molar-refractivity contribution in [2.24, 2.45) is 0 Å². The van der Waals surface area contributed by atoms with Crippen LogP contribution in [-0.2, 0) is 4.79 Å². The van der Waals surface area contributed by atoms with E-state index in [-0.39, 0.29) is 22.2 Å². The Hall–Kier alpha value is -1.07. The predicted octanol–water partition coefficient (Wildman–Crippen LogP) is 2.76. The summed E-state index contributed by atoms with van der Waals surface area (Å²) < 4.78 is 0.526. The van der Waals surface area contributed by atoms with Crippen LogP contribution in [0, 0.1) is 0 Å². The standard InChI is InChI=1S/C9H7BrClNO3/c1-4(13)12-8-3-6(10)7(11)2-5(8)9(14)15/h2-3H,1H3,(H,12,13)(H,14,15). The summed E-state index contributed by atoms with van der Waals surface area (Å²) >= 11 is 8.89. The van der Waals surface area contributed by atoms with Gasteiger partial charge in [0.25, 0.3) is 0 Å². The molecule has 0 heterocycles. The van der Waals surface area contributed by atoms with Crippen LogP contribution in [0.5, 0.6) is 0 Å². The number of benzene rings is 1. The lowest BCUT2D eigenvalue weighted by atomic mass is 10.2. The molecule has 0 bridgehead atoms. The molecule has 0 aromatic heterocycles. The molecule has 2 N–H and O–H groups in total. The van der Waals surface area contributed by atoms with Crippen molar-refractivity contribution in [2.75, 3.05) is 5.32 Å². The molecule has 0 aliphatic carbocycles. The van der Waals surface area contributed by atoms with Gasteiger partial charge in [0, 0.05) is 11.4 Å². The summed E-state index contributed by atoms with van der Waals surface area (Å²) in [6.45, 7) is 1.30. The zero-order valence-corrected chi connectivity index (χ0v) is 10.0.